The molecule has 0 aromatic carbocycles. The third-order valence-electron chi connectivity index (χ3n) is 7.57. The monoisotopic (exact) mass is 628 g/mol. The maximum atomic E-state index is 13.1. The van der Waals surface area contributed by atoms with Crippen molar-refractivity contribution >= 4 is 23.7 Å². The van der Waals surface area contributed by atoms with E-state index in [0.29, 0.717) is 19.6 Å². The molecular formula is C35H68N2O5S. The Morgan fingerprint density at radius 3 is 1.91 bits per heavy atom. The van der Waals surface area contributed by atoms with Gasteiger partial charge in [0, 0.05) is 25.3 Å². The lowest BCUT2D eigenvalue weighted by molar-refractivity contribution is -0.152. The second-order valence-corrected chi connectivity index (χ2v) is 13.3. The third-order valence-corrected chi connectivity index (χ3v) is 8.58. The fourth-order valence-electron chi connectivity index (χ4n) is 4.83. The van der Waals surface area contributed by atoms with Crippen LogP contribution in [0.15, 0.2) is 12.2 Å². The third kappa shape index (κ3) is 28.1. The van der Waals surface area contributed by atoms with Gasteiger partial charge in [0.15, 0.2) is 5.56 Å². The van der Waals surface area contributed by atoms with Gasteiger partial charge >= 0.3 is 11.9 Å². The van der Waals surface area contributed by atoms with E-state index in [9.17, 15) is 14.7 Å². The summed E-state index contributed by atoms with van der Waals surface area (Å²) < 4.78 is 11.4. The average molecular weight is 629 g/mol. The predicted octanol–water partition coefficient (Wildman–Crippen LogP) is 8.34. The lowest BCUT2D eigenvalue weighted by Crippen LogP contribution is -2.40. The summed E-state index contributed by atoms with van der Waals surface area (Å²) in [5.41, 5.74) is -0.833. The van der Waals surface area contributed by atoms with Gasteiger partial charge in [0.25, 0.3) is 0 Å². The number of aliphatic hydroxyl groups is 1. The number of rotatable bonds is 31. The first-order valence-corrected chi connectivity index (χ1v) is 18.6. The van der Waals surface area contributed by atoms with Crippen LogP contribution in [0.3, 0.4) is 0 Å². The van der Waals surface area contributed by atoms with Crippen LogP contribution in [-0.4, -0.2) is 84.6 Å². The second kappa shape index (κ2) is 30.9. The average Bonchev–Trinajstić information content (AvgIpc) is 2.97. The fraction of sp³-hybridized carbons (Fsp3) is 0.886. The second-order valence-electron chi connectivity index (χ2n) is 12.1. The number of allylic oxidation sites excluding steroid dienone is 1. The maximum Gasteiger partial charge on any atom is 0.320 e. The molecule has 254 valence electrons. The van der Waals surface area contributed by atoms with Gasteiger partial charge in [-0.25, -0.2) is 0 Å². The van der Waals surface area contributed by atoms with Crippen molar-refractivity contribution in [3.63, 3.8) is 0 Å². The molecule has 0 aliphatic heterocycles. The molecule has 0 aromatic rings. The Kier molecular flexibility index (Phi) is 30.1. The largest absolute Gasteiger partial charge is 0.461 e. The van der Waals surface area contributed by atoms with Crippen molar-refractivity contribution in [2.75, 3.05) is 46.1 Å². The Balaban J connectivity index is 4.87. The highest BCUT2D eigenvalue weighted by atomic mass is 32.2. The van der Waals surface area contributed by atoms with E-state index in [1.165, 1.54) is 88.8 Å². The van der Waals surface area contributed by atoms with E-state index >= 15 is 0 Å². The van der Waals surface area contributed by atoms with Crippen LogP contribution in [0, 0.1) is 0 Å². The van der Waals surface area contributed by atoms with Gasteiger partial charge in [-0.15, -0.1) is 11.8 Å². The Morgan fingerprint density at radius 2 is 1.33 bits per heavy atom. The molecule has 0 saturated carbocycles. The van der Waals surface area contributed by atoms with Crippen LogP contribution >= 0.6 is 11.8 Å². The predicted molar refractivity (Wildman–Crippen MR) is 183 cm³/mol. The minimum atomic E-state index is -0.833. The molecule has 0 aromatic heterocycles. The molecular weight excluding hydrogens is 560 g/mol. The van der Waals surface area contributed by atoms with Crippen LogP contribution in [0.2, 0.25) is 0 Å². The molecule has 0 radical (unpaired) electrons. The molecule has 1 atom stereocenters. The molecule has 0 saturated heterocycles. The van der Waals surface area contributed by atoms with Gasteiger partial charge in [-0.2, -0.15) is 0 Å². The summed E-state index contributed by atoms with van der Waals surface area (Å²) in [6.45, 7) is 8.21. The van der Waals surface area contributed by atoms with Gasteiger partial charge in [-0.3, -0.25) is 14.5 Å². The molecule has 0 fully saturated rings. The number of ether oxygens (including phenoxy) is 2. The molecule has 43 heavy (non-hydrogen) atoms. The number of nitrogens with zero attached hydrogens (tertiary/aromatic N) is 2. The Morgan fingerprint density at radius 1 is 0.744 bits per heavy atom. The summed E-state index contributed by atoms with van der Waals surface area (Å²) in [4.78, 5) is 29.2. The van der Waals surface area contributed by atoms with Gasteiger partial charge in [-0.1, -0.05) is 104 Å². The van der Waals surface area contributed by atoms with Crippen molar-refractivity contribution < 1.29 is 24.2 Å². The standard InChI is InChI=1S/C35H68N2O5S/c1-6-9-12-15-16-19-22-29-41-33(38)26-23-27-37(35(40)43-30-28-36(4)5)31-34(39)42-32(24-20-17-13-10-7-2)25-21-18-14-11-8-3/h19,22,32,35,40H,6-18,20-21,23-31H2,1-5H3/b22-19-. The quantitative estimate of drug-likeness (QED) is 0.0355. The number of aliphatic hydroxyl groups excluding tert-OH is 1. The van der Waals surface area contributed by atoms with Crippen LogP contribution < -0.4 is 0 Å². The molecule has 0 amide bonds. The molecule has 0 spiro atoms. The van der Waals surface area contributed by atoms with Crippen LogP contribution in [0.1, 0.15) is 143 Å². The van der Waals surface area contributed by atoms with E-state index in [2.05, 4.69) is 31.7 Å². The number of carbonyl (C=O) groups is 2. The first kappa shape index (κ1) is 41.9. The van der Waals surface area contributed by atoms with E-state index in [0.717, 1.165) is 44.4 Å². The zero-order valence-electron chi connectivity index (χ0n) is 28.7. The molecule has 0 rings (SSSR count). The number of hydrogen-bond donors (Lipinski definition) is 1. The Labute approximate surface area is 269 Å². The van der Waals surface area contributed by atoms with Crippen molar-refractivity contribution in [3.05, 3.63) is 12.2 Å². The summed E-state index contributed by atoms with van der Waals surface area (Å²) in [5.74, 6) is 0.204. The molecule has 0 aliphatic rings. The lowest BCUT2D eigenvalue weighted by Gasteiger charge is -2.28. The smallest absolute Gasteiger partial charge is 0.320 e. The van der Waals surface area contributed by atoms with Gasteiger partial charge < -0.3 is 19.5 Å². The molecule has 8 heteroatoms. The zero-order valence-corrected chi connectivity index (χ0v) is 29.5. The van der Waals surface area contributed by atoms with E-state index in [4.69, 9.17) is 9.47 Å². The van der Waals surface area contributed by atoms with Crippen LogP contribution in [-0.2, 0) is 19.1 Å². The minimum absolute atomic E-state index is 0.0219. The van der Waals surface area contributed by atoms with Gasteiger partial charge in [0.05, 0.1) is 6.54 Å². The normalized spacial score (nSPS) is 12.6. The number of thioether (sulfide) groups is 1. The first-order chi connectivity index (χ1) is 20.8. The van der Waals surface area contributed by atoms with Crippen molar-refractivity contribution in [1.82, 2.24) is 9.80 Å². The summed E-state index contributed by atoms with van der Waals surface area (Å²) in [7, 11) is 4.00. The van der Waals surface area contributed by atoms with Crippen molar-refractivity contribution in [1.29, 1.82) is 0 Å². The van der Waals surface area contributed by atoms with Gasteiger partial charge in [-0.05, 0) is 59.0 Å². The first-order valence-electron chi connectivity index (χ1n) is 17.5. The lowest BCUT2D eigenvalue weighted by atomic mass is 10.0. The van der Waals surface area contributed by atoms with Crippen LogP contribution in [0.5, 0.6) is 0 Å². The number of carbonyl (C=O) groups excluding carboxylic acids is 2. The minimum Gasteiger partial charge on any atom is -0.461 e. The molecule has 7 nitrogen and oxygen atoms in total. The van der Waals surface area contributed by atoms with Gasteiger partial charge in [0.2, 0.25) is 0 Å². The fourth-order valence-corrected chi connectivity index (χ4v) is 5.90. The molecule has 0 bridgehead atoms. The highest BCUT2D eigenvalue weighted by Gasteiger charge is 2.23. The molecule has 1 N–H and O–H groups in total. The number of esters is 2. The van der Waals surface area contributed by atoms with Crippen LogP contribution in [0.4, 0.5) is 0 Å². The highest BCUT2D eigenvalue weighted by Crippen LogP contribution is 2.19. The Hall–Kier alpha value is -1.09. The summed E-state index contributed by atoms with van der Waals surface area (Å²) >= 11 is 1.41. The number of unbranched alkanes of at least 4 members (excludes halogenated alkanes) is 12. The topological polar surface area (TPSA) is 79.3 Å². The van der Waals surface area contributed by atoms with Crippen molar-refractivity contribution in [3.8, 4) is 0 Å². The SMILES string of the molecule is CCCCCC/C=C\COC(=O)CCCN(CC(=O)OC(CCCCCCC)CCCCCCC)C(O)SCCN(C)C. The van der Waals surface area contributed by atoms with Gasteiger partial charge in [0.1, 0.15) is 12.7 Å². The van der Waals surface area contributed by atoms with Crippen LogP contribution in [0.25, 0.3) is 0 Å². The maximum absolute atomic E-state index is 13.1. The van der Waals surface area contributed by atoms with E-state index in [1.54, 1.807) is 4.90 Å². The molecule has 0 aliphatic carbocycles. The highest BCUT2D eigenvalue weighted by molar-refractivity contribution is 7.99. The van der Waals surface area contributed by atoms with Crippen molar-refractivity contribution in [2.24, 2.45) is 0 Å². The summed E-state index contributed by atoms with van der Waals surface area (Å²) in [5, 5.41) is 10.9. The van der Waals surface area contributed by atoms with E-state index in [1.807, 2.05) is 20.2 Å². The Bertz CT molecular complexity index is 663. The summed E-state index contributed by atoms with van der Waals surface area (Å²) in [6, 6.07) is 0. The van der Waals surface area contributed by atoms with Crippen molar-refractivity contribution in [2.45, 2.75) is 154 Å². The number of hydrogen-bond acceptors (Lipinski definition) is 8. The zero-order chi connectivity index (χ0) is 32.0. The van der Waals surface area contributed by atoms with E-state index < -0.39 is 5.56 Å². The summed E-state index contributed by atoms with van der Waals surface area (Å²) in [6.07, 6.45) is 24.3. The molecule has 0 heterocycles. The van der Waals surface area contributed by atoms with E-state index in [-0.39, 0.29) is 31.0 Å². The molecule has 1 unspecified atom stereocenters.